The standard InChI is InChI=1S/C15H22ClNO/c1-3-4-15(12-7-8-17-10-12)18-13-5-6-14(16)11(2)9-13/h5-6,9,12,15,17H,3-4,7-8,10H2,1-2H3/t12?,15-/m0/s1. The molecule has 1 aromatic rings. The van der Waals surface area contributed by atoms with Gasteiger partial charge < -0.3 is 10.1 Å². The van der Waals surface area contributed by atoms with E-state index in [1.165, 1.54) is 6.42 Å². The molecule has 2 nitrogen and oxygen atoms in total. The minimum atomic E-state index is 0.325. The van der Waals surface area contributed by atoms with E-state index in [9.17, 15) is 0 Å². The van der Waals surface area contributed by atoms with Crippen LogP contribution in [0.5, 0.6) is 5.75 Å². The van der Waals surface area contributed by atoms with Gasteiger partial charge in [0.1, 0.15) is 11.9 Å². The van der Waals surface area contributed by atoms with Crippen LogP contribution in [0.15, 0.2) is 18.2 Å². The molecule has 2 rings (SSSR count). The Labute approximate surface area is 115 Å². The van der Waals surface area contributed by atoms with Crippen LogP contribution in [0.25, 0.3) is 0 Å². The first-order chi connectivity index (χ1) is 8.70. The van der Waals surface area contributed by atoms with Gasteiger partial charge in [-0.1, -0.05) is 24.9 Å². The molecule has 1 saturated heterocycles. The van der Waals surface area contributed by atoms with Crippen LogP contribution < -0.4 is 10.1 Å². The molecular formula is C15H22ClNO. The third-order valence-electron chi connectivity index (χ3n) is 3.61. The van der Waals surface area contributed by atoms with Gasteiger partial charge in [-0.3, -0.25) is 0 Å². The predicted octanol–water partition coefficient (Wildman–Crippen LogP) is 3.81. The number of hydrogen-bond donors (Lipinski definition) is 1. The Morgan fingerprint density at radius 2 is 2.33 bits per heavy atom. The summed E-state index contributed by atoms with van der Waals surface area (Å²) in [7, 11) is 0. The molecule has 0 amide bonds. The molecule has 100 valence electrons. The van der Waals surface area contributed by atoms with Crippen LogP contribution in [0, 0.1) is 12.8 Å². The monoisotopic (exact) mass is 267 g/mol. The van der Waals surface area contributed by atoms with Crippen molar-refractivity contribution < 1.29 is 4.74 Å². The van der Waals surface area contributed by atoms with E-state index in [1.807, 2.05) is 25.1 Å². The van der Waals surface area contributed by atoms with E-state index in [1.54, 1.807) is 0 Å². The summed E-state index contributed by atoms with van der Waals surface area (Å²) < 4.78 is 6.18. The van der Waals surface area contributed by atoms with Gasteiger partial charge in [0, 0.05) is 17.5 Å². The Bertz CT molecular complexity index is 388. The zero-order valence-electron chi connectivity index (χ0n) is 11.2. The second kappa shape index (κ2) is 6.44. The van der Waals surface area contributed by atoms with Crippen LogP contribution in [0.3, 0.4) is 0 Å². The molecule has 0 bridgehead atoms. The number of halogens is 1. The summed E-state index contributed by atoms with van der Waals surface area (Å²) in [6.07, 6.45) is 3.82. The Hall–Kier alpha value is -0.730. The summed E-state index contributed by atoms with van der Waals surface area (Å²) in [5.74, 6) is 1.59. The zero-order valence-corrected chi connectivity index (χ0v) is 12.0. The summed E-state index contributed by atoms with van der Waals surface area (Å²) in [6.45, 7) is 6.43. The lowest BCUT2D eigenvalue weighted by atomic mass is 9.97. The van der Waals surface area contributed by atoms with Crippen molar-refractivity contribution in [1.29, 1.82) is 0 Å². The van der Waals surface area contributed by atoms with Crippen LogP contribution in [0.1, 0.15) is 31.7 Å². The van der Waals surface area contributed by atoms with Crippen molar-refractivity contribution in [2.45, 2.75) is 39.2 Å². The predicted molar refractivity (Wildman–Crippen MR) is 76.5 cm³/mol. The Kier molecular flexibility index (Phi) is 4.90. The third kappa shape index (κ3) is 3.39. The number of benzene rings is 1. The summed E-state index contributed by atoms with van der Waals surface area (Å²) in [4.78, 5) is 0. The molecule has 1 aliphatic heterocycles. The summed E-state index contributed by atoms with van der Waals surface area (Å²) in [5.41, 5.74) is 1.08. The van der Waals surface area contributed by atoms with Gasteiger partial charge in [0.15, 0.2) is 0 Å². The number of ether oxygens (including phenoxy) is 1. The van der Waals surface area contributed by atoms with Crippen molar-refractivity contribution in [3.05, 3.63) is 28.8 Å². The van der Waals surface area contributed by atoms with Crippen molar-refractivity contribution in [3.8, 4) is 5.75 Å². The van der Waals surface area contributed by atoms with E-state index in [4.69, 9.17) is 16.3 Å². The van der Waals surface area contributed by atoms with Crippen LogP contribution in [0.2, 0.25) is 5.02 Å². The first-order valence-corrected chi connectivity index (χ1v) is 7.22. The summed E-state index contributed by atoms with van der Waals surface area (Å²) in [6, 6.07) is 5.93. The Balaban J connectivity index is 2.04. The highest BCUT2D eigenvalue weighted by atomic mass is 35.5. The Morgan fingerprint density at radius 1 is 1.50 bits per heavy atom. The van der Waals surface area contributed by atoms with Crippen molar-refractivity contribution in [2.24, 2.45) is 5.92 Å². The highest BCUT2D eigenvalue weighted by Gasteiger charge is 2.25. The molecule has 1 N–H and O–H groups in total. The number of hydrogen-bond acceptors (Lipinski definition) is 2. The van der Waals surface area contributed by atoms with Gasteiger partial charge in [0.05, 0.1) is 0 Å². The van der Waals surface area contributed by atoms with Gasteiger partial charge in [-0.2, -0.15) is 0 Å². The van der Waals surface area contributed by atoms with E-state index in [2.05, 4.69) is 12.2 Å². The SMILES string of the molecule is CCC[C@H](Oc1ccc(Cl)c(C)c1)C1CCNC1. The highest BCUT2D eigenvalue weighted by molar-refractivity contribution is 6.31. The topological polar surface area (TPSA) is 21.3 Å². The minimum Gasteiger partial charge on any atom is -0.490 e. The molecule has 0 aliphatic carbocycles. The van der Waals surface area contributed by atoms with Crippen molar-refractivity contribution in [2.75, 3.05) is 13.1 Å². The smallest absolute Gasteiger partial charge is 0.120 e. The maximum Gasteiger partial charge on any atom is 0.120 e. The second-order valence-electron chi connectivity index (χ2n) is 5.11. The first kappa shape index (κ1) is 13.7. The van der Waals surface area contributed by atoms with Crippen molar-refractivity contribution in [3.63, 3.8) is 0 Å². The molecule has 18 heavy (non-hydrogen) atoms. The molecule has 1 heterocycles. The van der Waals surface area contributed by atoms with E-state index < -0.39 is 0 Å². The lowest BCUT2D eigenvalue weighted by Crippen LogP contribution is -2.28. The maximum atomic E-state index is 6.18. The fraction of sp³-hybridized carbons (Fsp3) is 0.600. The van der Waals surface area contributed by atoms with E-state index in [0.29, 0.717) is 12.0 Å². The van der Waals surface area contributed by atoms with E-state index in [0.717, 1.165) is 42.3 Å². The maximum absolute atomic E-state index is 6.18. The van der Waals surface area contributed by atoms with Crippen LogP contribution >= 0.6 is 11.6 Å². The van der Waals surface area contributed by atoms with Gasteiger partial charge in [-0.25, -0.2) is 0 Å². The minimum absolute atomic E-state index is 0.325. The largest absolute Gasteiger partial charge is 0.490 e. The molecule has 0 aromatic heterocycles. The van der Waals surface area contributed by atoms with E-state index in [-0.39, 0.29) is 0 Å². The molecule has 1 aliphatic rings. The van der Waals surface area contributed by atoms with Gasteiger partial charge >= 0.3 is 0 Å². The lowest BCUT2D eigenvalue weighted by molar-refractivity contribution is 0.132. The molecule has 3 heteroatoms. The Morgan fingerprint density at radius 3 is 2.94 bits per heavy atom. The van der Waals surface area contributed by atoms with Gasteiger partial charge in [0.2, 0.25) is 0 Å². The molecule has 1 aromatic carbocycles. The average Bonchev–Trinajstić information content (AvgIpc) is 2.87. The van der Waals surface area contributed by atoms with Crippen molar-refractivity contribution >= 4 is 11.6 Å². The van der Waals surface area contributed by atoms with Crippen LogP contribution in [-0.4, -0.2) is 19.2 Å². The van der Waals surface area contributed by atoms with Gasteiger partial charge in [-0.15, -0.1) is 0 Å². The second-order valence-corrected chi connectivity index (χ2v) is 5.52. The highest BCUT2D eigenvalue weighted by Crippen LogP contribution is 2.26. The molecular weight excluding hydrogens is 246 g/mol. The lowest BCUT2D eigenvalue weighted by Gasteiger charge is -2.24. The fourth-order valence-corrected chi connectivity index (χ4v) is 2.65. The average molecular weight is 268 g/mol. The normalized spacial score (nSPS) is 20.9. The zero-order chi connectivity index (χ0) is 13.0. The number of rotatable bonds is 5. The van der Waals surface area contributed by atoms with E-state index >= 15 is 0 Å². The van der Waals surface area contributed by atoms with Crippen molar-refractivity contribution in [1.82, 2.24) is 5.32 Å². The number of nitrogens with one attached hydrogen (secondary N) is 1. The number of aryl methyl sites for hydroxylation is 1. The first-order valence-electron chi connectivity index (χ1n) is 6.84. The molecule has 0 radical (unpaired) electrons. The molecule has 2 atom stereocenters. The van der Waals surface area contributed by atoms with Gasteiger partial charge in [-0.05, 0) is 50.1 Å². The van der Waals surface area contributed by atoms with Crippen LogP contribution in [0.4, 0.5) is 0 Å². The summed E-state index contributed by atoms with van der Waals surface area (Å²) >= 11 is 6.04. The quantitative estimate of drug-likeness (QED) is 0.876. The van der Waals surface area contributed by atoms with Gasteiger partial charge in [0.25, 0.3) is 0 Å². The molecule has 1 fully saturated rings. The third-order valence-corrected chi connectivity index (χ3v) is 4.04. The molecule has 0 saturated carbocycles. The molecule has 0 spiro atoms. The van der Waals surface area contributed by atoms with Crippen LogP contribution in [-0.2, 0) is 0 Å². The molecule has 1 unspecified atom stereocenters. The fourth-order valence-electron chi connectivity index (χ4n) is 2.53. The summed E-state index contributed by atoms with van der Waals surface area (Å²) in [5, 5.41) is 4.22.